The molecule has 1 fully saturated rings. The monoisotopic (exact) mass is 298 g/mol. The molecule has 0 aliphatic heterocycles. The molecule has 1 saturated carbocycles. The molecular formula is C15H18N6O. The lowest BCUT2D eigenvalue weighted by molar-refractivity contribution is 0.165. The van der Waals surface area contributed by atoms with Gasteiger partial charge in [0.2, 0.25) is 5.95 Å². The highest BCUT2D eigenvalue weighted by Crippen LogP contribution is 2.29. The van der Waals surface area contributed by atoms with Crippen LogP contribution in [-0.4, -0.2) is 42.0 Å². The van der Waals surface area contributed by atoms with E-state index < -0.39 is 0 Å². The van der Waals surface area contributed by atoms with Crippen LogP contribution in [0.3, 0.4) is 0 Å². The van der Waals surface area contributed by atoms with Crippen LogP contribution in [0.25, 0.3) is 11.0 Å². The minimum Gasteiger partial charge on any atom is -0.391 e. The van der Waals surface area contributed by atoms with Gasteiger partial charge in [0.05, 0.1) is 12.1 Å². The number of fused-ring (bicyclic) bond motifs is 1. The summed E-state index contributed by atoms with van der Waals surface area (Å²) >= 11 is 0. The summed E-state index contributed by atoms with van der Waals surface area (Å²) < 4.78 is 1.92. The number of rotatable bonds is 4. The normalized spacial score (nSPS) is 24.9. The molecule has 3 aromatic heterocycles. The van der Waals surface area contributed by atoms with Gasteiger partial charge in [-0.1, -0.05) is 0 Å². The summed E-state index contributed by atoms with van der Waals surface area (Å²) in [6.07, 6.45) is 8.62. The summed E-state index contributed by atoms with van der Waals surface area (Å²) in [7, 11) is 0. The van der Waals surface area contributed by atoms with Gasteiger partial charge in [0.25, 0.3) is 0 Å². The van der Waals surface area contributed by atoms with E-state index in [-0.39, 0.29) is 12.1 Å². The van der Waals surface area contributed by atoms with Gasteiger partial charge in [-0.05, 0) is 30.9 Å². The van der Waals surface area contributed by atoms with Gasteiger partial charge in [0.15, 0.2) is 0 Å². The molecule has 0 spiro atoms. The number of hydrogen-bond acceptors (Lipinski definition) is 5. The van der Waals surface area contributed by atoms with E-state index in [0.29, 0.717) is 11.9 Å². The van der Waals surface area contributed by atoms with E-state index in [1.165, 1.54) is 0 Å². The Kier molecular flexibility index (Phi) is 3.27. The number of nitrogens with one attached hydrogen (secondary N) is 2. The first-order valence-corrected chi connectivity index (χ1v) is 7.50. The van der Waals surface area contributed by atoms with Gasteiger partial charge in [-0.3, -0.25) is 4.68 Å². The fourth-order valence-corrected chi connectivity index (χ4v) is 3.17. The molecule has 22 heavy (non-hydrogen) atoms. The number of aromatic nitrogens is 5. The van der Waals surface area contributed by atoms with Crippen LogP contribution in [0.4, 0.5) is 5.95 Å². The van der Waals surface area contributed by atoms with Crippen molar-refractivity contribution in [3.8, 4) is 0 Å². The second-order valence-corrected chi connectivity index (χ2v) is 5.86. The molecule has 3 aromatic rings. The minimum absolute atomic E-state index is 0.0204. The Labute approximate surface area is 127 Å². The molecular weight excluding hydrogens is 280 g/mol. The molecule has 1 unspecified atom stereocenters. The Balaban J connectivity index is 1.43. The van der Waals surface area contributed by atoms with Crippen molar-refractivity contribution in [2.75, 3.05) is 5.32 Å². The highest BCUT2D eigenvalue weighted by atomic mass is 16.3. The lowest BCUT2D eigenvalue weighted by Crippen LogP contribution is -2.28. The molecule has 4 rings (SSSR count). The van der Waals surface area contributed by atoms with Gasteiger partial charge in [0.1, 0.15) is 5.65 Å². The van der Waals surface area contributed by atoms with Crippen molar-refractivity contribution >= 4 is 17.0 Å². The largest absolute Gasteiger partial charge is 0.391 e. The highest BCUT2D eigenvalue weighted by Gasteiger charge is 2.33. The molecule has 1 aliphatic rings. The standard InChI is InChI=1S/C15H18N6O/c22-13-7-10(9-21-5-1-3-18-21)6-12(13)19-15-17-8-11-2-4-16-14(11)20-15/h1-5,8,10,12-13,22H,6-7,9H2,(H2,16,17,19,20)/t10?,12-,13-/m1/s1. The van der Waals surface area contributed by atoms with Crippen molar-refractivity contribution in [2.24, 2.45) is 5.92 Å². The molecule has 0 saturated heterocycles. The summed E-state index contributed by atoms with van der Waals surface area (Å²) in [4.78, 5) is 11.8. The fourth-order valence-electron chi connectivity index (χ4n) is 3.17. The maximum Gasteiger partial charge on any atom is 0.224 e. The molecule has 0 amide bonds. The maximum absolute atomic E-state index is 10.3. The lowest BCUT2D eigenvalue weighted by atomic mass is 10.1. The zero-order chi connectivity index (χ0) is 14.9. The van der Waals surface area contributed by atoms with Crippen molar-refractivity contribution in [1.82, 2.24) is 24.7 Å². The molecule has 3 N–H and O–H groups in total. The minimum atomic E-state index is -0.386. The Bertz CT molecular complexity index is 752. The quantitative estimate of drug-likeness (QED) is 0.677. The predicted octanol–water partition coefficient (Wildman–Crippen LogP) is 1.41. The number of aliphatic hydroxyl groups is 1. The van der Waals surface area contributed by atoms with E-state index in [0.717, 1.165) is 30.4 Å². The van der Waals surface area contributed by atoms with Gasteiger partial charge in [-0.2, -0.15) is 10.1 Å². The molecule has 0 radical (unpaired) electrons. The van der Waals surface area contributed by atoms with E-state index in [2.05, 4.69) is 25.4 Å². The third-order valence-electron chi connectivity index (χ3n) is 4.25. The Morgan fingerprint density at radius 2 is 2.36 bits per heavy atom. The molecule has 7 heteroatoms. The zero-order valence-electron chi connectivity index (χ0n) is 12.1. The number of hydrogen-bond donors (Lipinski definition) is 3. The zero-order valence-corrected chi connectivity index (χ0v) is 12.1. The first-order chi connectivity index (χ1) is 10.8. The smallest absolute Gasteiger partial charge is 0.224 e. The summed E-state index contributed by atoms with van der Waals surface area (Å²) in [6.45, 7) is 0.832. The first-order valence-electron chi connectivity index (χ1n) is 7.50. The third-order valence-corrected chi connectivity index (χ3v) is 4.25. The van der Waals surface area contributed by atoms with Crippen molar-refractivity contribution in [3.63, 3.8) is 0 Å². The molecule has 3 heterocycles. The van der Waals surface area contributed by atoms with Crippen LogP contribution >= 0.6 is 0 Å². The van der Waals surface area contributed by atoms with Crippen LogP contribution in [0.5, 0.6) is 0 Å². The maximum atomic E-state index is 10.3. The molecule has 0 aromatic carbocycles. The third kappa shape index (κ3) is 2.55. The van der Waals surface area contributed by atoms with E-state index in [9.17, 15) is 5.11 Å². The van der Waals surface area contributed by atoms with Crippen molar-refractivity contribution in [1.29, 1.82) is 0 Å². The van der Waals surface area contributed by atoms with E-state index in [4.69, 9.17) is 0 Å². The lowest BCUT2D eigenvalue weighted by Gasteiger charge is -2.16. The number of aliphatic hydroxyl groups excluding tert-OH is 1. The van der Waals surface area contributed by atoms with Crippen LogP contribution in [0.1, 0.15) is 12.8 Å². The average Bonchev–Trinajstić information content (AvgIpc) is 3.21. The molecule has 3 atom stereocenters. The van der Waals surface area contributed by atoms with Gasteiger partial charge in [-0.15, -0.1) is 0 Å². The van der Waals surface area contributed by atoms with E-state index >= 15 is 0 Å². The summed E-state index contributed by atoms with van der Waals surface area (Å²) in [5.41, 5.74) is 0.804. The number of H-pyrrole nitrogens is 1. The first kappa shape index (κ1) is 13.3. The van der Waals surface area contributed by atoms with Gasteiger partial charge in [-0.25, -0.2) is 4.98 Å². The van der Waals surface area contributed by atoms with Crippen LogP contribution in [0.15, 0.2) is 36.9 Å². The van der Waals surface area contributed by atoms with Crippen molar-refractivity contribution in [3.05, 3.63) is 36.9 Å². The summed E-state index contributed by atoms with van der Waals surface area (Å²) in [5, 5.41) is 18.7. The fraction of sp³-hybridized carbons (Fsp3) is 0.400. The van der Waals surface area contributed by atoms with Crippen LogP contribution < -0.4 is 5.32 Å². The Hall–Kier alpha value is -2.41. The van der Waals surface area contributed by atoms with E-state index in [1.54, 1.807) is 12.4 Å². The topological polar surface area (TPSA) is 91.6 Å². The number of aromatic amines is 1. The Morgan fingerprint density at radius 1 is 1.41 bits per heavy atom. The van der Waals surface area contributed by atoms with Crippen LogP contribution in [0, 0.1) is 5.92 Å². The Morgan fingerprint density at radius 3 is 3.23 bits per heavy atom. The second-order valence-electron chi connectivity index (χ2n) is 5.86. The predicted molar refractivity (Wildman–Crippen MR) is 82.3 cm³/mol. The molecule has 114 valence electrons. The number of nitrogens with zero attached hydrogens (tertiary/aromatic N) is 4. The second kappa shape index (κ2) is 5.42. The molecule has 7 nitrogen and oxygen atoms in total. The number of anilines is 1. The summed E-state index contributed by atoms with van der Waals surface area (Å²) in [5.74, 6) is 0.959. The average molecular weight is 298 g/mol. The SMILES string of the molecule is O[C@@H]1CC(Cn2cccn2)C[C@H]1Nc1ncc2cc[nH]c2n1. The van der Waals surface area contributed by atoms with Gasteiger partial charge < -0.3 is 15.4 Å². The van der Waals surface area contributed by atoms with Gasteiger partial charge in [0, 0.05) is 36.7 Å². The highest BCUT2D eigenvalue weighted by molar-refractivity contribution is 5.75. The van der Waals surface area contributed by atoms with Crippen LogP contribution in [0.2, 0.25) is 0 Å². The summed E-state index contributed by atoms with van der Waals surface area (Å²) in [6, 6.07) is 3.83. The van der Waals surface area contributed by atoms with Crippen molar-refractivity contribution < 1.29 is 5.11 Å². The van der Waals surface area contributed by atoms with E-state index in [1.807, 2.05) is 29.2 Å². The van der Waals surface area contributed by atoms with Gasteiger partial charge >= 0.3 is 0 Å². The van der Waals surface area contributed by atoms with Crippen LogP contribution in [-0.2, 0) is 6.54 Å². The van der Waals surface area contributed by atoms with Crippen molar-refractivity contribution in [2.45, 2.75) is 31.5 Å². The molecule has 1 aliphatic carbocycles. The molecule has 0 bridgehead atoms.